The lowest BCUT2D eigenvalue weighted by atomic mass is 10.1. The normalized spacial score (nSPS) is 12.3. The van der Waals surface area contributed by atoms with Gasteiger partial charge in [-0.2, -0.15) is 0 Å². The van der Waals surface area contributed by atoms with Crippen molar-refractivity contribution in [2.24, 2.45) is 0 Å². The molecule has 4 nitrogen and oxygen atoms in total. The van der Waals surface area contributed by atoms with Crippen LogP contribution in [0.5, 0.6) is 0 Å². The molecule has 0 aliphatic carbocycles. The van der Waals surface area contributed by atoms with Crippen LogP contribution in [0.1, 0.15) is 44.4 Å². The third kappa shape index (κ3) is 8.04. The number of amides is 2. The van der Waals surface area contributed by atoms with E-state index in [9.17, 15) is 9.59 Å². The number of nitrogens with one attached hydrogen (secondary N) is 1. The van der Waals surface area contributed by atoms with E-state index in [1.54, 1.807) is 29.7 Å². The molecule has 0 unspecified atom stereocenters. The molecule has 0 radical (unpaired) electrons. The van der Waals surface area contributed by atoms with E-state index >= 15 is 0 Å². The Morgan fingerprint density at radius 3 is 2.37 bits per heavy atom. The third-order valence-corrected chi connectivity index (χ3v) is 5.75. The lowest BCUT2D eigenvalue weighted by Crippen LogP contribution is -2.52. The van der Waals surface area contributed by atoms with Crippen molar-refractivity contribution in [3.05, 3.63) is 70.2 Å². The molecular weight excluding hydrogens is 416 g/mol. The van der Waals surface area contributed by atoms with Gasteiger partial charge in [-0.25, -0.2) is 0 Å². The monoisotopic (exact) mass is 446 g/mol. The van der Waals surface area contributed by atoms with Crippen LogP contribution in [0.15, 0.2) is 48.5 Å². The molecule has 1 atom stereocenters. The van der Waals surface area contributed by atoms with Gasteiger partial charge in [0.25, 0.3) is 0 Å². The fourth-order valence-corrected chi connectivity index (χ4v) is 4.00. The number of rotatable bonds is 8. The van der Waals surface area contributed by atoms with E-state index in [-0.39, 0.29) is 17.4 Å². The summed E-state index contributed by atoms with van der Waals surface area (Å²) in [6.07, 6.45) is 0. The third-order valence-electron chi connectivity index (χ3n) is 4.52. The summed E-state index contributed by atoms with van der Waals surface area (Å²) in [5.41, 5.74) is 2.93. The predicted molar refractivity (Wildman–Crippen MR) is 127 cm³/mol. The van der Waals surface area contributed by atoms with E-state index in [2.05, 4.69) is 36.5 Å². The van der Waals surface area contributed by atoms with Gasteiger partial charge in [0, 0.05) is 22.9 Å². The van der Waals surface area contributed by atoms with Crippen LogP contribution in [-0.2, 0) is 21.9 Å². The Labute approximate surface area is 189 Å². The van der Waals surface area contributed by atoms with Gasteiger partial charge in [-0.05, 0) is 57.9 Å². The topological polar surface area (TPSA) is 49.4 Å². The first-order valence-corrected chi connectivity index (χ1v) is 11.6. The molecule has 0 aliphatic rings. The van der Waals surface area contributed by atoms with Crippen LogP contribution in [0, 0.1) is 6.92 Å². The smallest absolute Gasteiger partial charge is 0.242 e. The molecule has 0 heterocycles. The van der Waals surface area contributed by atoms with Gasteiger partial charge in [0.2, 0.25) is 11.8 Å². The highest BCUT2D eigenvalue weighted by Crippen LogP contribution is 2.18. The Kier molecular flexibility index (Phi) is 8.80. The van der Waals surface area contributed by atoms with Crippen molar-refractivity contribution in [1.29, 1.82) is 0 Å². The van der Waals surface area contributed by atoms with Gasteiger partial charge in [0.15, 0.2) is 0 Å². The minimum Gasteiger partial charge on any atom is -0.350 e. The maximum atomic E-state index is 13.1. The summed E-state index contributed by atoms with van der Waals surface area (Å²) < 4.78 is 0. The number of nitrogens with zero attached hydrogens (tertiary/aromatic N) is 1. The second-order valence-corrected chi connectivity index (χ2v) is 9.97. The zero-order chi connectivity index (χ0) is 22.3. The first-order valence-electron chi connectivity index (χ1n) is 10.0. The van der Waals surface area contributed by atoms with Crippen LogP contribution in [0.3, 0.4) is 0 Å². The summed E-state index contributed by atoms with van der Waals surface area (Å²) in [7, 11) is 0. The van der Waals surface area contributed by atoms with Crippen molar-refractivity contribution in [1.82, 2.24) is 10.2 Å². The SMILES string of the molecule is Cc1ccc(CSCC(=O)N(Cc2cccc(Cl)c2)[C@@H](C)C(=O)NC(C)(C)C)cc1. The molecule has 0 saturated heterocycles. The Balaban J connectivity index is 2.09. The number of hydrogen-bond acceptors (Lipinski definition) is 3. The van der Waals surface area contributed by atoms with Gasteiger partial charge in [-0.15, -0.1) is 11.8 Å². The molecule has 0 fully saturated rings. The maximum absolute atomic E-state index is 13.1. The Morgan fingerprint density at radius 2 is 1.77 bits per heavy atom. The summed E-state index contributed by atoms with van der Waals surface area (Å²) in [6.45, 7) is 9.95. The van der Waals surface area contributed by atoms with Crippen molar-refractivity contribution in [3.63, 3.8) is 0 Å². The number of thioether (sulfide) groups is 1. The molecule has 2 rings (SSSR count). The van der Waals surface area contributed by atoms with E-state index in [4.69, 9.17) is 11.6 Å². The summed E-state index contributed by atoms with van der Waals surface area (Å²) in [6, 6.07) is 15.1. The Morgan fingerprint density at radius 1 is 1.10 bits per heavy atom. The van der Waals surface area contributed by atoms with Crippen molar-refractivity contribution in [3.8, 4) is 0 Å². The lowest BCUT2D eigenvalue weighted by molar-refractivity contribution is -0.139. The zero-order valence-corrected chi connectivity index (χ0v) is 19.9. The quantitative estimate of drug-likeness (QED) is 0.605. The first kappa shape index (κ1) is 24.3. The maximum Gasteiger partial charge on any atom is 0.242 e. The van der Waals surface area contributed by atoms with Gasteiger partial charge in [-0.1, -0.05) is 53.6 Å². The highest BCUT2D eigenvalue weighted by molar-refractivity contribution is 7.99. The molecule has 2 aromatic carbocycles. The molecule has 0 aliphatic heterocycles. The molecule has 0 aromatic heterocycles. The highest BCUT2D eigenvalue weighted by atomic mass is 35.5. The van der Waals surface area contributed by atoms with Crippen LogP contribution in [0.25, 0.3) is 0 Å². The van der Waals surface area contributed by atoms with Gasteiger partial charge >= 0.3 is 0 Å². The van der Waals surface area contributed by atoms with E-state index < -0.39 is 6.04 Å². The van der Waals surface area contributed by atoms with Crippen LogP contribution < -0.4 is 5.32 Å². The highest BCUT2D eigenvalue weighted by Gasteiger charge is 2.28. The van der Waals surface area contributed by atoms with Crippen molar-refractivity contribution in [2.45, 2.75) is 58.5 Å². The van der Waals surface area contributed by atoms with E-state index in [1.807, 2.05) is 39.0 Å². The number of carbonyl (C=O) groups is 2. The Hall–Kier alpha value is -1.98. The van der Waals surface area contributed by atoms with Crippen molar-refractivity contribution >= 4 is 35.2 Å². The number of benzene rings is 2. The fourth-order valence-electron chi connectivity index (χ4n) is 2.91. The first-order chi connectivity index (χ1) is 14.0. The van der Waals surface area contributed by atoms with Crippen LogP contribution in [-0.4, -0.2) is 34.0 Å². The van der Waals surface area contributed by atoms with E-state index in [1.165, 1.54) is 11.1 Å². The molecule has 162 valence electrons. The Bertz CT molecular complexity index is 862. The summed E-state index contributed by atoms with van der Waals surface area (Å²) in [5.74, 6) is 0.825. The summed E-state index contributed by atoms with van der Waals surface area (Å²) >= 11 is 7.67. The van der Waals surface area contributed by atoms with Crippen molar-refractivity contribution < 1.29 is 9.59 Å². The molecule has 0 saturated carbocycles. The average molecular weight is 447 g/mol. The van der Waals surface area contributed by atoms with Gasteiger partial charge < -0.3 is 10.2 Å². The molecule has 0 bridgehead atoms. The van der Waals surface area contributed by atoms with Gasteiger partial charge in [0.05, 0.1) is 5.75 Å². The zero-order valence-electron chi connectivity index (χ0n) is 18.4. The predicted octanol–water partition coefficient (Wildman–Crippen LogP) is 5.21. The second-order valence-electron chi connectivity index (χ2n) is 8.55. The molecule has 30 heavy (non-hydrogen) atoms. The van der Waals surface area contributed by atoms with Crippen molar-refractivity contribution in [2.75, 3.05) is 5.75 Å². The van der Waals surface area contributed by atoms with Crippen LogP contribution in [0.2, 0.25) is 5.02 Å². The van der Waals surface area contributed by atoms with E-state index in [0.29, 0.717) is 17.3 Å². The van der Waals surface area contributed by atoms with Gasteiger partial charge in [-0.3, -0.25) is 9.59 Å². The molecule has 6 heteroatoms. The number of halogens is 1. The van der Waals surface area contributed by atoms with E-state index in [0.717, 1.165) is 11.3 Å². The number of hydrogen-bond donors (Lipinski definition) is 1. The summed E-state index contributed by atoms with van der Waals surface area (Å²) in [5, 5.41) is 3.58. The molecule has 2 aromatic rings. The minimum absolute atomic E-state index is 0.0661. The lowest BCUT2D eigenvalue weighted by Gasteiger charge is -2.31. The molecule has 0 spiro atoms. The minimum atomic E-state index is -0.587. The summed E-state index contributed by atoms with van der Waals surface area (Å²) in [4.78, 5) is 27.5. The molecular formula is C24H31ClN2O2S. The fraction of sp³-hybridized carbons (Fsp3) is 0.417. The largest absolute Gasteiger partial charge is 0.350 e. The van der Waals surface area contributed by atoms with Crippen LogP contribution in [0.4, 0.5) is 0 Å². The molecule has 1 N–H and O–H groups in total. The second kappa shape index (κ2) is 10.9. The number of carbonyl (C=O) groups excluding carboxylic acids is 2. The average Bonchev–Trinajstić information content (AvgIpc) is 2.65. The standard InChI is InChI=1S/C24H31ClN2O2S/c1-17-9-11-19(12-10-17)15-30-16-22(28)27(14-20-7-6-8-21(25)13-20)18(2)23(29)26-24(3,4)5/h6-13,18H,14-16H2,1-5H3,(H,26,29)/t18-/m0/s1. The van der Waals surface area contributed by atoms with Gasteiger partial charge in [0.1, 0.15) is 6.04 Å². The molecule has 2 amide bonds. The van der Waals surface area contributed by atoms with Crippen LogP contribution >= 0.6 is 23.4 Å². The number of aryl methyl sites for hydroxylation is 1.